The van der Waals surface area contributed by atoms with Crippen molar-refractivity contribution in [1.82, 2.24) is 9.88 Å². The van der Waals surface area contributed by atoms with Crippen molar-refractivity contribution in [2.75, 3.05) is 31.1 Å². The van der Waals surface area contributed by atoms with Crippen LogP contribution in [-0.2, 0) is 0 Å². The number of pyridine rings is 1. The average molecular weight is 388 g/mol. The fraction of sp³-hybridized carbons (Fsp3) is 0.360. The topological polar surface area (TPSA) is 36.4 Å². The van der Waals surface area contributed by atoms with Gasteiger partial charge in [-0.25, -0.2) is 0 Å². The lowest BCUT2D eigenvalue weighted by molar-refractivity contribution is 0.0748. The molecule has 4 nitrogen and oxygen atoms in total. The summed E-state index contributed by atoms with van der Waals surface area (Å²) in [5, 5.41) is 0.968. The SMILES string of the molecule is Cc1cc(C)c2nc(C)cc(C(=O)N3CCN(c4cccc(C)c4C)CC3)c2c1. The number of hydrogen-bond donors (Lipinski definition) is 0. The minimum atomic E-state index is 0.117. The quantitative estimate of drug-likeness (QED) is 0.637. The van der Waals surface area contributed by atoms with Gasteiger partial charge in [-0.2, -0.15) is 0 Å². The third-order valence-electron chi connectivity index (χ3n) is 6.09. The van der Waals surface area contributed by atoms with E-state index in [-0.39, 0.29) is 5.91 Å². The highest BCUT2D eigenvalue weighted by Gasteiger charge is 2.25. The molecule has 1 aliphatic heterocycles. The third-order valence-corrected chi connectivity index (χ3v) is 6.09. The summed E-state index contributed by atoms with van der Waals surface area (Å²) >= 11 is 0. The number of benzene rings is 2. The number of carbonyl (C=O) groups excluding carboxylic acids is 1. The highest BCUT2D eigenvalue weighted by molar-refractivity contribution is 6.07. The number of piperazine rings is 1. The highest BCUT2D eigenvalue weighted by atomic mass is 16.2. The molecule has 1 saturated heterocycles. The Kier molecular flexibility index (Phi) is 5.03. The predicted octanol–water partition coefficient (Wildman–Crippen LogP) is 4.74. The van der Waals surface area contributed by atoms with Crippen LogP contribution >= 0.6 is 0 Å². The summed E-state index contributed by atoms with van der Waals surface area (Å²) in [7, 11) is 0. The minimum absolute atomic E-state index is 0.117. The first-order valence-electron chi connectivity index (χ1n) is 10.3. The van der Waals surface area contributed by atoms with Crippen LogP contribution in [0.1, 0.15) is 38.3 Å². The molecule has 0 N–H and O–H groups in total. The molecule has 2 aromatic carbocycles. The van der Waals surface area contributed by atoms with Crippen molar-refractivity contribution in [3.05, 3.63) is 69.9 Å². The molecule has 1 amide bonds. The molecule has 1 aromatic heterocycles. The Morgan fingerprint density at radius 2 is 1.62 bits per heavy atom. The second-order valence-electron chi connectivity index (χ2n) is 8.29. The maximum Gasteiger partial charge on any atom is 0.254 e. The normalized spacial score (nSPS) is 14.5. The van der Waals surface area contributed by atoms with E-state index in [2.05, 4.69) is 62.9 Å². The van der Waals surface area contributed by atoms with Gasteiger partial charge in [-0.15, -0.1) is 0 Å². The maximum atomic E-state index is 13.4. The zero-order chi connectivity index (χ0) is 20.7. The van der Waals surface area contributed by atoms with Crippen LogP contribution in [0.4, 0.5) is 5.69 Å². The molecule has 2 heterocycles. The fourth-order valence-corrected chi connectivity index (χ4v) is 4.38. The minimum Gasteiger partial charge on any atom is -0.368 e. The van der Waals surface area contributed by atoms with Gasteiger partial charge in [0.05, 0.1) is 11.1 Å². The monoisotopic (exact) mass is 387 g/mol. The van der Waals surface area contributed by atoms with Crippen molar-refractivity contribution in [2.24, 2.45) is 0 Å². The Morgan fingerprint density at radius 3 is 2.34 bits per heavy atom. The number of aromatic nitrogens is 1. The van der Waals surface area contributed by atoms with E-state index < -0.39 is 0 Å². The van der Waals surface area contributed by atoms with Crippen LogP contribution in [0.15, 0.2) is 36.4 Å². The van der Waals surface area contributed by atoms with Crippen LogP contribution in [0.3, 0.4) is 0 Å². The van der Waals surface area contributed by atoms with E-state index in [0.29, 0.717) is 0 Å². The van der Waals surface area contributed by atoms with Gasteiger partial charge in [-0.05, 0) is 69.5 Å². The number of fused-ring (bicyclic) bond motifs is 1. The Labute approximate surface area is 173 Å². The first kappa shape index (κ1) is 19.4. The van der Waals surface area contributed by atoms with Crippen LogP contribution in [0.25, 0.3) is 10.9 Å². The van der Waals surface area contributed by atoms with Crippen molar-refractivity contribution in [3.63, 3.8) is 0 Å². The fourth-order valence-electron chi connectivity index (χ4n) is 4.38. The van der Waals surface area contributed by atoms with Crippen LogP contribution in [-0.4, -0.2) is 42.0 Å². The average Bonchev–Trinajstić information content (AvgIpc) is 2.70. The molecule has 0 aliphatic carbocycles. The van der Waals surface area contributed by atoms with E-state index in [9.17, 15) is 4.79 Å². The molecule has 0 radical (unpaired) electrons. The van der Waals surface area contributed by atoms with E-state index >= 15 is 0 Å². The molecule has 0 atom stereocenters. The molecule has 0 unspecified atom stereocenters. The van der Waals surface area contributed by atoms with Crippen LogP contribution in [0, 0.1) is 34.6 Å². The molecule has 150 valence electrons. The first-order chi connectivity index (χ1) is 13.8. The molecule has 0 saturated carbocycles. The Bertz CT molecular complexity index is 1090. The number of hydrogen-bond acceptors (Lipinski definition) is 3. The Balaban J connectivity index is 1.60. The van der Waals surface area contributed by atoms with Gasteiger partial charge in [0.2, 0.25) is 0 Å². The summed E-state index contributed by atoms with van der Waals surface area (Å²) in [6, 6.07) is 12.6. The van der Waals surface area contributed by atoms with E-state index in [1.165, 1.54) is 16.8 Å². The number of aryl methyl sites for hydroxylation is 4. The number of rotatable bonds is 2. The molecular weight excluding hydrogens is 358 g/mol. The molecule has 3 aromatic rings. The van der Waals surface area contributed by atoms with Crippen molar-refractivity contribution in [2.45, 2.75) is 34.6 Å². The lowest BCUT2D eigenvalue weighted by Crippen LogP contribution is -2.49. The summed E-state index contributed by atoms with van der Waals surface area (Å²) in [5.74, 6) is 0.117. The molecule has 4 heteroatoms. The van der Waals surface area contributed by atoms with Gasteiger partial charge in [-0.1, -0.05) is 23.8 Å². The molecule has 1 fully saturated rings. The van der Waals surface area contributed by atoms with Gasteiger partial charge in [0.1, 0.15) is 0 Å². The molecule has 0 bridgehead atoms. The summed E-state index contributed by atoms with van der Waals surface area (Å²) in [6.45, 7) is 13.6. The zero-order valence-electron chi connectivity index (χ0n) is 18.0. The lowest BCUT2D eigenvalue weighted by Gasteiger charge is -2.37. The van der Waals surface area contributed by atoms with Gasteiger partial charge in [0, 0.05) is 42.9 Å². The van der Waals surface area contributed by atoms with Crippen molar-refractivity contribution in [1.29, 1.82) is 0 Å². The van der Waals surface area contributed by atoms with Gasteiger partial charge in [0.25, 0.3) is 5.91 Å². The summed E-state index contributed by atoms with van der Waals surface area (Å²) < 4.78 is 0. The third kappa shape index (κ3) is 3.59. The molecular formula is C25H29N3O. The van der Waals surface area contributed by atoms with Gasteiger partial charge >= 0.3 is 0 Å². The molecule has 0 spiro atoms. The van der Waals surface area contributed by atoms with Crippen LogP contribution < -0.4 is 4.90 Å². The highest BCUT2D eigenvalue weighted by Crippen LogP contribution is 2.27. The molecule has 29 heavy (non-hydrogen) atoms. The Hall–Kier alpha value is -2.88. The van der Waals surface area contributed by atoms with Gasteiger partial charge < -0.3 is 9.80 Å². The van der Waals surface area contributed by atoms with E-state index in [4.69, 9.17) is 4.98 Å². The summed E-state index contributed by atoms with van der Waals surface area (Å²) in [5.41, 5.74) is 8.81. The number of anilines is 1. The van der Waals surface area contributed by atoms with Gasteiger partial charge in [-0.3, -0.25) is 9.78 Å². The lowest BCUT2D eigenvalue weighted by atomic mass is 10.0. The van der Waals surface area contributed by atoms with Crippen LogP contribution in [0.2, 0.25) is 0 Å². The first-order valence-corrected chi connectivity index (χ1v) is 10.3. The second-order valence-corrected chi connectivity index (χ2v) is 8.29. The zero-order valence-corrected chi connectivity index (χ0v) is 18.0. The van der Waals surface area contributed by atoms with Crippen molar-refractivity contribution >= 4 is 22.5 Å². The van der Waals surface area contributed by atoms with Gasteiger partial charge in [0.15, 0.2) is 0 Å². The van der Waals surface area contributed by atoms with Crippen molar-refractivity contribution in [3.8, 4) is 0 Å². The Morgan fingerprint density at radius 1 is 0.897 bits per heavy atom. The van der Waals surface area contributed by atoms with E-state index in [0.717, 1.165) is 59.5 Å². The molecule has 4 rings (SSSR count). The van der Waals surface area contributed by atoms with Crippen molar-refractivity contribution < 1.29 is 4.79 Å². The largest absolute Gasteiger partial charge is 0.368 e. The molecule has 1 aliphatic rings. The number of carbonyl (C=O) groups is 1. The summed E-state index contributed by atoms with van der Waals surface area (Å²) in [4.78, 5) is 22.5. The van der Waals surface area contributed by atoms with Crippen LogP contribution in [0.5, 0.6) is 0 Å². The summed E-state index contributed by atoms with van der Waals surface area (Å²) in [6.07, 6.45) is 0. The maximum absolute atomic E-state index is 13.4. The number of nitrogens with zero attached hydrogens (tertiary/aromatic N) is 3. The van der Waals surface area contributed by atoms with E-state index in [1.807, 2.05) is 17.9 Å². The predicted molar refractivity (Wildman–Crippen MR) is 120 cm³/mol. The smallest absolute Gasteiger partial charge is 0.254 e. The second kappa shape index (κ2) is 7.51. The number of amides is 1. The standard InChI is InChI=1S/C25H29N3O/c1-16-13-18(3)24-21(14-16)22(15-19(4)26-24)25(29)28-11-9-27(10-12-28)23-8-6-7-17(2)20(23)5/h6-8,13-15H,9-12H2,1-5H3. The van der Waals surface area contributed by atoms with E-state index in [1.54, 1.807) is 0 Å².